The van der Waals surface area contributed by atoms with E-state index in [4.69, 9.17) is 0 Å². The fourth-order valence-corrected chi connectivity index (χ4v) is 3.48. The Morgan fingerprint density at radius 3 is 2.37 bits per heavy atom. The van der Waals surface area contributed by atoms with Crippen LogP contribution in [0.15, 0.2) is 28.7 Å². The quantitative estimate of drug-likeness (QED) is 0.901. The first-order chi connectivity index (χ1) is 9.08. The van der Waals surface area contributed by atoms with Crippen LogP contribution in [0.25, 0.3) is 0 Å². The second-order valence-corrected chi connectivity index (χ2v) is 6.67. The molecule has 1 aromatic carbocycles. The number of hydrogen-bond donors (Lipinski definition) is 1. The van der Waals surface area contributed by atoms with Crippen LogP contribution >= 0.6 is 15.9 Å². The Morgan fingerprint density at radius 1 is 1.16 bits per heavy atom. The molecule has 0 aromatic heterocycles. The molecule has 0 spiro atoms. The predicted octanol–water partition coefficient (Wildman–Crippen LogP) is 3.97. The van der Waals surface area contributed by atoms with Crippen LogP contribution < -0.4 is 5.32 Å². The maximum absolute atomic E-state index is 3.78. The lowest BCUT2D eigenvalue weighted by Crippen LogP contribution is -2.45. The van der Waals surface area contributed by atoms with Crippen molar-refractivity contribution in [2.24, 2.45) is 0 Å². The Labute approximate surface area is 125 Å². The molecule has 1 fully saturated rings. The van der Waals surface area contributed by atoms with Crippen molar-refractivity contribution < 1.29 is 0 Å². The molecular weight excluding hydrogens is 300 g/mol. The lowest BCUT2D eigenvalue weighted by atomic mass is 10.0. The number of halogens is 1. The van der Waals surface area contributed by atoms with Gasteiger partial charge in [0.1, 0.15) is 0 Å². The zero-order chi connectivity index (χ0) is 13.8. The molecule has 1 N–H and O–H groups in total. The molecule has 3 heteroatoms. The summed E-state index contributed by atoms with van der Waals surface area (Å²) in [6.45, 7) is 9.28. The molecule has 106 valence electrons. The minimum Gasteiger partial charge on any atom is -0.307 e. The molecule has 0 saturated carbocycles. The maximum atomic E-state index is 3.78. The van der Waals surface area contributed by atoms with Crippen molar-refractivity contribution in [2.45, 2.75) is 51.7 Å². The smallest absolute Gasteiger partial charge is 0.0305 e. The Morgan fingerprint density at radius 2 is 1.79 bits per heavy atom. The zero-order valence-electron chi connectivity index (χ0n) is 12.2. The summed E-state index contributed by atoms with van der Waals surface area (Å²) in [6.07, 6.45) is 2.51. The molecule has 0 radical (unpaired) electrons. The zero-order valence-corrected chi connectivity index (χ0v) is 13.8. The maximum Gasteiger partial charge on any atom is 0.0305 e. The first-order valence-electron chi connectivity index (χ1n) is 7.32. The van der Waals surface area contributed by atoms with Crippen molar-refractivity contribution >= 4 is 15.9 Å². The normalized spacial score (nSPS) is 19.8. The fraction of sp³-hybridized carbons (Fsp3) is 0.625. The van der Waals surface area contributed by atoms with Crippen molar-refractivity contribution in [3.05, 3.63) is 34.3 Å². The molecule has 2 nitrogen and oxygen atoms in total. The summed E-state index contributed by atoms with van der Waals surface area (Å²) in [4.78, 5) is 2.57. The standard InChI is InChI=1S/C16H25BrN2/c1-12(2)19-10-8-14(9-11-19)18-13(3)15-6-4-5-7-16(15)17/h4-7,12-14,18H,8-11H2,1-3H3/t13-/m0/s1. The van der Waals surface area contributed by atoms with E-state index < -0.39 is 0 Å². The van der Waals surface area contributed by atoms with Crippen LogP contribution in [-0.2, 0) is 0 Å². The molecule has 1 aromatic rings. The Hall–Kier alpha value is -0.380. The molecule has 0 amide bonds. The minimum atomic E-state index is 0.408. The number of nitrogens with zero attached hydrogens (tertiary/aromatic N) is 1. The van der Waals surface area contributed by atoms with Crippen LogP contribution in [-0.4, -0.2) is 30.1 Å². The molecule has 1 heterocycles. The van der Waals surface area contributed by atoms with Crippen LogP contribution in [0.5, 0.6) is 0 Å². The number of hydrogen-bond acceptors (Lipinski definition) is 2. The monoisotopic (exact) mass is 324 g/mol. The Balaban J connectivity index is 1.87. The Kier molecular flexibility index (Phi) is 5.43. The highest BCUT2D eigenvalue weighted by Crippen LogP contribution is 2.24. The number of piperidine rings is 1. The van der Waals surface area contributed by atoms with E-state index in [1.807, 2.05) is 0 Å². The summed E-state index contributed by atoms with van der Waals surface area (Å²) in [5.41, 5.74) is 1.36. The average molecular weight is 325 g/mol. The largest absolute Gasteiger partial charge is 0.307 e. The predicted molar refractivity (Wildman–Crippen MR) is 85.4 cm³/mol. The van der Waals surface area contributed by atoms with Crippen molar-refractivity contribution in [1.82, 2.24) is 10.2 Å². The van der Waals surface area contributed by atoms with E-state index in [2.05, 4.69) is 71.2 Å². The van der Waals surface area contributed by atoms with E-state index in [1.54, 1.807) is 0 Å². The third kappa shape index (κ3) is 4.04. The first-order valence-corrected chi connectivity index (χ1v) is 8.11. The van der Waals surface area contributed by atoms with Crippen molar-refractivity contribution in [2.75, 3.05) is 13.1 Å². The minimum absolute atomic E-state index is 0.408. The van der Waals surface area contributed by atoms with E-state index in [-0.39, 0.29) is 0 Å². The van der Waals surface area contributed by atoms with Gasteiger partial charge in [-0.2, -0.15) is 0 Å². The lowest BCUT2D eigenvalue weighted by molar-refractivity contribution is 0.157. The van der Waals surface area contributed by atoms with Gasteiger partial charge in [-0.1, -0.05) is 34.1 Å². The van der Waals surface area contributed by atoms with Gasteiger partial charge < -0.3 is 10.2 Å². The van der Waals surface area contributed by atoms with Crippen LogP contribution in [0, 0.1) is 0 Å². The van der Waals surface area contributed by atoms with Gasteiger partial charge in [0.15, 0.2) is 0 Å². The number of rotatable bonds is 4. The SMILES string of the molecule is CC(C)N1CCC(N[C@@H](C)c2ccccc2Br)CC1. The second-order valence-electron chi connectivity index (χ2n) is 5.81. The third-order valence-corrected chi connectivity index (χ3v) is 4.84. The van der Waals surface area contributed by atoms with Crippen molar-refractivity contribution in [3.8, 4) is 0 Å². The van der Waals surface area contributed by atoms with E-state index in [0.717, 1.165) is 0 Å². The summed E-state index contributed by atoms with van der Waals surface area (Å²) < 4.78 is 1.20. The van der Waals surface area contributed by atoms with Gasteiger partial charge in [0, 0.05) is 22.6 Å². The van der Waals surface area contributed by atoms with Gasteiger partial charge in [-0.3, -0.25) is 0 Å². The van der Waals surface area contributed by atoms with Crippen LogP contribution in [0.1, 0.15) is 45.2 Å². The molecule has 1 aliphatic rings. The number of nitrogens with one attached hydrogen (secondary N) is 1. The third-order valence-electron chi connectivity index (χ3n) is 4.12. The van der Waals surface area contributed by atoms with Crippen molar-refractivity contribution in [3.63, 3.8) is 0 Å². The van der Waals surface area contributed by atoms with Gasteiger partial charge in [0.25, 0.3) is 0 Å². The molecule has 2 rings (SSSR count). The second kappa shape index (κ2) is 6.87. The van der Waals surface area contributed by atoms with Gasteiger partial charge in [0.2, 0.25) is 0 Å². The molecular formula is C16H25BrN2. The molecule has 1 atom stereocenters. The first kappa shape index (κ1) is 15.0. The van der Waals surface area contributed by atoms with Gasteiger partial charge in [-0.15, -0.1) is 0 Å². The van der Waals surface area contributed by atoms with Crippen LogP contribution in [0.2, 0.25) is 0 Å². The van der Waals surface area contributed by atoms with E-state index in [1.165, 1.54) is 36.0 Å². The summed E-state index contributed by atoms with van der Waals surface area (Å²) in [7, 11) is 0. The van der Waals surface area contributed by atoms with Gasteiger partial charge >= 0.3 is 0 Å². The summed E-state index contributed by atoms with van der Waals surface area (Å²) in [6, 6.07) is 10.2. The highest BCUT2D eigenvalue weighted by atomic mass is 79.9. The lowest BCUT2D eigenvalue weighted by Gasteiger charge is -2.36. The Bertz CT molecular complexity index is 397. The molecule has 0 unspecified atom stereocenters. The molecule has 19 heavy (non-hydrogen) atoms. The van der Waals surface area contributed by atoms with E-state index in [0.29, 0.717) is 18.1 Å². The average Bonchev–Trinajstić information content (AvgIpc) is 2.39. The fourth-order valence-electron chi connectivity index (χ4n) is 2.85. The number of likely N-dealkylation sites (tertiary alicyclic amines) is 1. The molecule has 0 bridgehead atoms. The summed E-state index contributed by atoms with van der Waals surface area (Å²) in [5.74, 6) is 0. The number of benzene rings is 1. The molecule has 1 saturated heterocycles. The van der Waals surface area contributed by atoms with E-state index in [9.17, 15) is 0 Å². The van der Waals surface area contributed by atoms with Crippen LogP contribution in [0.3, 0.4) is 0 Å². The summed E-state index contributed by atoms with van der Waals surface area (Å²) >= 11 is 3.64. The topological polar surface area (TPSA) is 15.3 Å². The summed E-state index contributed by atoms with van der Waals surface area (Å²) in [5, 5.41) is 3.78. The highest BCUT2D eigenvalue weighted by Gasteiger charge is 2.22. The molecule has 1 aliphatic heterocycles. The van der Waals surface area contributed by atoms with E-state index >= 15 is 0 Å². The molecule has 0 aliphatic carbocycles. The van der Waals surface area contributed by atoms with Gasteiger partial charge in [-0.05, 0) is 58.3 Å². The highest BCUT2D eigenvalue weighted by molar-refractivity contribution is 9.10. The van der Waals surface area contributed by atoms with Crippen molar-refractivity contribution in [1.29, 1.82) is 0 Å². The van der Waals surface area contributed by atoms with Crippen LogP contribution in [0.4, 0.5) is 0 Å². The van der Waals surface area contributed by atoms with Gasteiger partial charge in [-0.25, -0.2) is 0 Å². The van der Waals surface area contributed by atoms with Gasteiger partial charge in [0.05, 0.1) is 0 Å².